The molecule has 1 heterocycles. The Labute approximate surface area is 120 Å². The Bertz CT molecular complexity index is 558. The monoisotopic (exact) mass is 296 g/mol. The molecule has 0 amide bonds. The molecule has 6 heteroatoms. The van der Waals surface area contributed by atoms with Crippen LogP contribution in [0.5, 0.6) is 0 Å². The molecule has 0 atom stereocenters. The smallest absolute Gasteiger partial charge is 0.288 e. The second-order valence-corrected chi connectivity index (χ2v) is 5.29. The van der Waals surface area contributed by atoms with Crippen LogP contribution in [0.3, 0.4) is 0 Å². The molecule has 1 N–H and O–H groups in total. The molecule has 0 aliphatic carbocycles. The first-order valence-electron chi connectivity index (χ1n) is 5.81. The van der Waals surface area contributed by atoms with E-state index in [0.29, 0.717) is 6.54 Å². The van der Waals surface area contributed by atoms with E-state index < -0.39 is 4.92 Å². The van der Waals surface area contributed by atoms with Gasteiger partial charge in [0, 0.05) is 12.6 Å². The Morgan fingerprint density at radius 2 is 2.16 bits per heavy atom. The lowest BCUT2D eigenvalue weighted by Gasteiger charge is -2.05. The molecule has 0 aliphatic heterocycles. The van der Waals surface area contributed by atoms with Crippen molar-refractivity contribution in [1.82, 2.24) is 5.32 Å². The third-order valence-corrected chi connectivity index (χ3v) is 3.76. The zero-order chi connectivity index (χ0) is 13.7. The van der Waals surface area contributed by atoms with Crippen molar-refractivity contribution in [2.24, 2.45) is 0 Å². The number of hydrogen-bond donors (Lipinski definition) is 1. The normalized spacial score (nSPS) is 10.6. The van der Waals surface area contributed by atoms with E-state index in [2.05, 4.69) is 22.1 Å². The minimum absolute atomic E-state index is 0.0428. The largest absolute Gasteiger partial charge is 0.312 e. The fourth-order valence-corrected chi connectivity index (χ4v) is 2.60. The molecule has 0 fully saturated rings. The summed E-state index contributed by atoms with van der Waals surface area (Å²) < 4.78 is 0. The van der Waals surface area contributed by atoms with Crippen molar-refractivity contribution in [3.63, 3.8) is 0 Å². The van der Waals surface area contributed by atoms with E-state index in [-0.39, 0.29) is 10.7 Å². The number of nitro benzene ring substituents is 1. The molecular weight excluding hydrogens is 284 g/mol. The Morgan fingerprint density at radius 3 is 2.84 bits per heavy atom. The highest BCUT2D eigenvalue weighted by Crippen LogP contribution is 2.24. The first kappa shape index (κ1) is 14.0. The average Bonchev–Trinajstić information content (AvgIpc) is 2.89. The van der Waals surface area contributed by atoms with Crippen LogP contribution in [-0.4, -0.2) is 11.5 Å². The van der Waals surface area contributed by atoms with E-state index >= 15 is 0 Å². The van der Waals surface area contributed by atoms with E-state index in [1.807, 2.05) is 0 Å². The number of hydrogen-bond acceptors (Lipinski definition) is 4. The highest BCUT2D eigenvalue weighted by molar-refractivity contribution is 7.07. The summed E-state index contributed by atoms with van der Waals surface area (Å²) in [6.45, 7) is 1.44. The third kappa shape index (κ3) is 4.02. The minimum Gasteiger partial charge on any atom is -0.312 e. The van der Waals surface area contributed by atoms with Gasteiger partial charge in [0.1, 0.15) is 5.02 Å². The molecule has 0 unspecified atom stereocenters. The van der Waals surface area contributed by atoms with Gasteiger partial charge in [0.2, 0.25) is 0 Å². The number of halogens is 1. The quantitative estimate of drug-likeness (QED) is 0.503. The van der Waals surface area contributed by atoms with Gasteiger partial charge in [-0.05, 0) is 47.0 Å². The Hall–Kier alpha value is -1.43. The molecule has 1 aromatic carbocycles. The Kier molecular flexibility index (Phi) is 4.90. The summed E-state index contributed by atoms with van der Waals surface area (Å²) in [7, 11) is 0. The van der Waals surface area contributed by atoms with Crippen LogP contribution in [0.4, 0.5) is 5.69 Å². The van der Waals surface area contributed by atoms with Gasteiger partial charge in [-0.15, -0.1) is 0 Å². The van der Waals surface area contributed by atoms with Gasteiger partial charge in [0.25, 0.3) is 5.69 Å². The van der Waals surface area contributed by atoms with Crippen molar-refractivity contribution in [1.29, 1.82) is 0 Å². The van der Waals surface area contributed by atoms with Crippen LogP contribution in [0.2, 0.25) is 5.02 Å². The minimum atomic E-state index is -0.461. The molecule has 0 aliphatic rings. The summed E-state index contributed by atoms with van der Waals surface area (Å²) in [5.41, 5.74) is 2.12. The summed E-state index contributed by atoms with van der Waals surface area (Å²) in [5, 5.41) is 18.4. The van der Waals surface area contributed by atoms with Gasteiger partial charge in [0.15, 0.2) is 0 Å². The van der Waals surface area contributed by atoms with Crippen LogP contribution in [0.25, 0.3) is 0 Å². The first-order chi connectivity index (χ1) is 9.16. The molecule has 0 saturated heterocycles. The van der Waals surface area contributed by atoms with Crippen molar-refractivity contribution >= 4 is 28.6 Å². The van der Waals surface area contributed by atoms with Gasteiger partial charge < -0.3 is 5.32 Å². The molecule has 2 rings (SSSR count). The fraction of sp³-hybridized carbons (Fsp3) is 0.231. The second kappa shape index (κ2) is 6.65. The summed E-state index contributed by atoms with van der Waals surface area (Å²) in [6.07, 6.45) is 0.958. The summed E-state index contributed by atoms with van der Waals surface area (Å²) in [6, 6.07) is 6.97. The second-order valence-electron chi connectivity index (χ2n) is 4.10. The van der Waals surface area contributed by atoms with E-state index in [1.165, 1.54) is 11.6 Å². The molecular formula is C13H13ClN2O2S. The maximum Gasteiger partial charge on any atom is 0.288 e. The van der Waals surface area contributed by atoms with Gasteiger partial charge in [-0.3, -0.25) is 10.1 Å². The zero-order valence-electron chi connectivity index (χ0n) is 10.1. The molecule has 0 radical (unpaired) electrons. The predicted molar refractivity (Wildman–Crippen MR) is 77.8 cm³/mol. The van der Waals surface area contributed by atoms with Crippen molar-refractivity contribution in [3.8, 4) is 0 Å². The van der Waals surface area contributed by atoms with Crippen LogP contribution in [0.1, 0.15) is 11.1 Å². The summed E-state index contributed by atoms with van der Waals surface area (Å²) >= 11 is 7.44. The van der Waals surface area contributed by atoms with Crippen LogP contribution >= 0.6 is 22.9 Å². The molecule has 2 aromatic rings. The Balaban J connectivity index is 1.86. The number of rotatable bonds is 6. The van der Waals surface area contributed by atoms with Crippen molar-refractivity contribution in [2.45, 2.75) is 13.0 Å². The standard InChI is InChI=1S/C13H13ClN2O2S/c14-12-2-1-11(7-13(12)16(17)18)8-15-5-3-10-4-6-19-9-10/h1-2,4,6-7,9,15H,3,5,8H2. The average molecular weight is 297 g/mol. The first-order valence-corrected chi connectivity index (χ1v) is 7.13. The molecule has 0 spiro atoms. The SMILES string of the molecule is O=[N+]([O-])c1cc(CNCCc2ccsc2)ccc1Cl. The molecule has 100 valence electrons. The fourth-order valence-electron chi connectivity index (χ4n) is 1.71. The Morgan fingerprint density at radius 1 is 1.32 bits per heavy atom. The number of thiophene rings is 1. The number of nitro groups is 1. The summed E-state index contributed by atoms with van der Waals surface area (Å²) in [4.78, 5) is 10.3. The van der Waals surface area contributed by atoms with E-state index in [9.17, 15) is 10.1 Å². The van der Waals surface area contributed by atoms with Crippen LogP contribution in [0.15, 0.2) is 35.0 Å². The molecule has 0 bridgehead atoms. The van der Waals surface area contributed by atoms with E-state index in [4.69, 9.17) is 11.6 Å². The number of benzene rings is 1. The zero-order valence-corrected chi connectivity index (χ0v) is 11.7. The lowest BCUT2D eigenvalue weighted by molar-refractivity contribution is -0.384. The van der Waals surface area contributed by atoms with Gasteiger partial charge in [-0.2, -0.15) is 11.3 Å². The van der Waals surface area contributed by atoms with Crippen LogP contribution < -0.4 is 5.32 Å². The summed E-state index contributed by atoms with van der Waals surface area (Å²) in [5.74, 6) is 0. The molecule has 19 heavy (non-hydrogen) atoms. The molecule has 1 aromatic heterocycles. The van der Waals surface area contributed by atoms with Gasteiger partial charge in [-0.25, -0.2) is 0 Å². The lowest BCUT2D eigenvalue weighted by Crippen LogP contribution is -2.16. The maximum atomic E-state index is 10.8. The predicted octanol–water partition coefficient (Wildman–Crippen LogP) is 3.64. The highest BCUT2D eigenvalue weighted by Gasteiger charge is 2.12. The molecule has 4 nitrogen and oxygen atoms in total. The van der Waals surface area contributed by atoms with Crippen molar-refractivity contribution < 1.29 is 4.92 Å². The van der Waals surface area contributed by atoms with E-state index in [1.54, 1.807) is 23.5 Å². The van der Waals surface area contributed by atoms with Crippen LogP contribution in [0, 0.1) is 10.1 Å². The third-order valence-electron chi connectivity index (χ3n) is 2.71. The molecule has 0 saturated carbocycles. The van der Waals surface area contributed by atoms with Crippen LogP contribution in [-0.2, 0) is 13.0 Å². The van der Waals surface area contributed by atoms with Gasteiger partial charge in [0.05, 0.1) is 4.92 Å². The number of nitrogens with one attached hydrogen (secondary N) is 1. The van der Waals surface area contributed by atoms with E-state index in [0.717, 1.165) is 18.5 Å². The van der Waals surface area contributed by atoms with Gasteiger partial charge >= 0.3 is 0 Å². The van der Waals surface area contributed by atoms with Crippen molar-refractivity contribution in [3.05, 3.63) is 61.3 Å². The maximum absolute atomic E-state index is 10.8. The van der Waals surface area contributed by atoms with Gasteiger partial charge in [-0.1, -0.05) is 17.7 Å². The number of nitrogens with zero attached hydrogens (tertiary/aromatic N) is 1. The topological polar surface area (TPSA) is 55.2 Å². The van der Waals surface area contributed by atoms with Crippen molar-refractivity contribution in [2.75, 3.05) is 6.54 Å². The highest BCUT2D eigenvalue weighted by atomic mass is 35.5. The lowest BCUT2D eigenvalue weighted by atomic mass is 10.2.